The summed E-state index contributed by atoms with van der Waals surface area (Å²) < 4.78 is 3.84. The number of hydrogen-bond acceptors (Lipinski definition) is 4. The lowest BCUT2D eigenvalue weighted by atomic mass is 10.7. The lowest BCUT2D eigenvalue weighted by molar-refractivity contribution is -0.127. The fourth-order valence-corrected chi connectivity index (χ4v) is 0.112. The third kappa shape index (κ3) is 29.0. The summed E-state index contributed by atoms with van der Waals surface area (Å²) >= 11 is 3.17. The van der Waals surface area contributed by atoms with Crippen molar-refractivity contribution in [1.29, 1.82) is 0 Å². The molecule has 0 atom stereocenters. The predicted octanol–water partition coefficient (Wildman–Crippen LogP) is 0.184. The first kappa shape index (κ1) is 11.6. The van der Waals surface area contributed by atoms with E-state index in [9.17, 15) is 4.79 Å². The minimum atomic E-state index is -1.33. The monoisotopic (exact) mass is 165 g/mol. The molecule has 0 aliphatic carbocycles. The van der Waals surface area contributed by atoms with Crippen molar-refractivity contribution in [2.75, 3.05) is 0 Å². The molecule has 0 fully saturated rings. The van der Waals surface area contributed by atoms with Crippen LogP contribution in [-0.2, 0) is 8.98 Å². The SMILES string of the molecule is C=CC(=O)OS.NC(=O)O. The maximum Gasteiger partial charge on any atom is 0.402 e. The van der Waals surface area contributed by atoms with Crippen molar-refractivity contribution in [2.45, 2.75) is 0 Å². The molecule has 0 spiro atoms. The number of amides is 1. The Balaban J connectivity index is 0. The minimum Gasteiger partial charge on any atom is -0.465 e. The van der Waals surface area contributed by atoms with Crippen LogP contribution in [0.5, 0.6) is 0 Å². The summed E-state index contributed by atoms with van der Waals surface area (Å²) in [4.78, 5) is 18.5. The Morgan fingerprint density at radius 1 is 1.70 bits per heavy atom. The molecule has 0 saturated heterocycles. The first-order valence-electron chi connectivity index (χ1n) is 2.00. The van der Waals surface area contributed by atoms with Crippen LogP contribution in [0.4, 0.5) is 4.79 Å². The van der Waals surface area contributed by atoms with E-state index in [1.807, 2.05) is 0 Å². The molecule has 0 bridgehead atoms. The predicted molar refractivity (Wildman–Crippen MR) is 37.5 cm³/mol. The average molecular weight is 165 g/mol. The molecule has 0 rings (SSSR count). The molecule has 0 aliphatic rings. The van der Waals surface area contributed by atoms with Gasteiger partial charge in [0, 0.05) is 19.0 Å². The maximum absolute atomic E-state index is 9.76. The van der Waals surface area contributed by atoms with Crippen LogP contribution < -0.4 is 5.73 Å². The number of carboxylic acid groups (broad SMARTS) is 1. The van der Waals surface area contributed by atoms with Crippen LogP contribution >= 0.6 is 12.9 Å². The van der Waals surface area contributed by atoms with Gasteiger partial charge in [0.15, 0.2) is 0 Å². The zero-order chi connectivity index (χ0) is 8.57. The van der Waals surface area contributed by atoms with Crippen molar-refractivity contribution in [3.8, 4) is 0 Å². The van der Waals surface area contributed by atoms with E-state index in [0.717, 1.165) is 6.08 Å². The molecule has 0 aliphatic heterocycles. The summed E-state index contributed by atoms with van der Waals surface area (Å²) in [6, 6.07) is 0. The van der Waals surface area contributed by atoms with E-state index in [-0.39, 0.29) is 0 Å². The van der Waals surface area contributed by atoms with Crippen LogP contribution in [0.3, 0.4) is 0 Å². The van der Waals surface area contributed by atoms with Crippen molar-refractivity contribution < 1.29 is 18.9 Å². The molecule has 0 heterocycles. The van der Waals surface area contributed by atoms with Gasteiger partial charge in [-0.1, -0.05) is 6.58 Å². The van der Waals surface area contributed by atoms with Crippen molar-refractivity contribution in [3.05, 3.63) is 12.7 Å². The highest BCUT2D eigenvalue weighted by molar-refractivity contribution is 7.75. The molecule has 1 amide bonds. The van der Waals surface area contributed by atoms with Crippen molar-refractivity contribution in [3.63, 3.8) is 0 Å². The van der Waals surface area contributed by atoms with E-state index in [0.29, 0.717) is 0 Å². The van der Waals surface area contributed by atoms with Gasteiger partial charge in [-0.15, -0.1) is 0 Å². The van der Waals surface area contributed by atoms with Gasteiger partial charge in [-0.05, 0) is 0 Å². The first-order valence-corrected chi connectivity index (χ1v) is 2.37. The highest BCUT2D eigenvalue weighted by Gasteiger charge is 1.83. The standard InChI is InChI=1S/C3H4O2S.CH3NO2/c1-2-3(4)5-6;2-1(3)4/h2,6H,1H2;2H2,(H,3,4). The fourth-order valence-electron chi connectivity index (χ4n) is 0.0373. The Labute approximate surface area is 63.1 Å². The van der Waals surface area contributed by atoms with E-state index in [1.54, 1.807) is 0 Å². The van der Waals surface area contributed by atoms with E-state index in [4.69, 9.17) is 9.90 Å². The van der Waals surface area contributed by atoms with Gasteiger partial charge in [0.05, 0.1) is 0 Å². The third-order valence-electron chi connectivity index (χ3n) is 0.257. The summed E-state index contributed by atoms with van der Waals surface area (Å²) in [6.45, 7) is 3.11. The van der Waals surface area contributed by atoms with Crippen LogP contribution in [0.25, 0.3) is 0 Å². The Morgan fingerprint density at radius 2 is 2.00 bits per heavy atom. The smallest absolute Gasteiger partial charge is 0.402 e. The van der Waals surface area contributed by atoms with Crippen molar-refractivity contribution >= 4 is 25.0 Å². The Kier molecular flexibility index (Phi) is 9.09. The molecule has 3 N–H and O–H groups in total. The zero-order valence-electron chi connectivity index (χ0n) is 4.98. The molecule has 0 saturated carbocycles. The number of thiol groups is 1. The van der Waals surface area contributed by atoms with Crippen molar-refractivity contribution in [2.24, 2.45) is 5.73 Å². The van der Waals surface area contributed by atoms with Crippen LogP contribution in [0.15, 0.2) is 12.7 Å². The topological polar surface area (TPSA) is 89.6 Å². The molecule has 0 radical (unpaired) electrons. The second-order valence-corrected chi connectivity index (χ2v) is 1.14. The van der Waals surface area contributed by atoms with Gasteiger partial charge in [-0.2, -0.15) is 0 Å². The van der Waals surface area contributed by atoms with Crippen LogP contribution in [0, 0.1) is 0 Å². The van der Waals surface area contributed by atoms with Gasteiger partial charge < -0.3 is 15.0 Å². The Hall–Kier alpha value is -1.17. The number of carbonyl (C=O) groups excluding carboxylic acids is 1. The Morgan fingerprint density at radius 3 is 2.00 bits per heavy atom. The zero-order valence-corrected chi connectivity index (χ0v) is 5.88. The van der Waals surface area contributed by atoms with Gasteiger partial charge in [0.1, 0.15) is 0 Å². The molecule has 10 heavy (non-hydrogen) atoms. The molecular formula is C4H7NO4S. The van der Waals surface area contributed by atoms with Gasteiger partial charge in [-0.3, -0.25) is 0 Å². The second kappa shape index (κ2) is 7.83. The van der Waals surface area contributed by atoms with Crippen LogP contribution in [0.2, 0.25) is 0 Å². The second-order valence-electron chi connectivity index (χ2n) is 0.953. The molecule has 0 aromatic carbocycles. The van der Waals surface area contributed by atoms with Gasteiger partial charge in [0.2, 0.25) is 0 Å². The van der Waals surface area contributed by atoms with Crippen LogP contribution in [0.1, 0.15) is 0 Å². The maximum atomic E-state index is 9.76. The third-order valence-corrected chi connectivity index (χ3v) is 0.437. The molecule has 58 valence electrons. The van der Waals surface area contributed by atoms with Crippen molar-refractivity contribution in [1.82, 2.24) is 0 Å². The van der Waals surface area contributed by atoms with E-state index < -0.39 is 12.1 Å². The number of carbonyl (C=O) groups is 2. The minimum absolute atomic E-state index is 0.529. The molecule has 6 heteroatoms. The lowest BCUT2D eigenvalue weighted by Gasteiger charge is -1.80. The quantitative estimate of drug-likeness (QED) is 0.294. The molecule has 0 aromatic heterocycles. The molecule has 5 nitrogen and oxygen atoms in total. The lowest BCUT2D eigenvalue weighted by Crippen LogP contribution is -2.03. The summed E-state index contributed by atoms with van der Waals surface area (Å²) in [6.07, 6.45) is -0.299. The average Bonchev–Trinajstić information content (AvgIpc) is 1.85. The Bertz CT molecular complexity index is 131. The highest BCUT2D eigenvalue weighted by atomic mass is 32.1. The van der Waals surface area contributed by atoms with E-state index in [2.05, 4.69) is 29.4 Å². The first-order chi connectivity index (χ1) is 4.54. The van der Waals surface area contributed by atoms with E-state index >= 15 is 0 Å². The number of hydrogen-bond donors (Lipinski definition) is 3. The molecule has 0 aromatic rings. The number of nitrogens with two attached hydrogens (primary N) is 1. The number of primary amides is 1. The normalized spacial score (nSPS) is 6.50. The van der Waals surface area contributed by atoms with Gasteiger partial charge >= 0.3 is 12.1 Å². The van der Waals surface area contributed by atoms with Gasteiger partial charge in [0.25, 0.3) is 0 Å². The van der Waals surface area contributed by atoms with Gasteiger partial charge in [-0.25, -0.2) is 9.59 Å². The fraction of sp³-hybridized carbons (Fsp3) is 0. The summed E-state index contributed by atoms with van der Waals surface area (Å²) in [5, 5.41) is 7.19. The largest absolute Gasteiger partial charge is 0.465 e. The summed E-state index contributed by atoms with van der Waals surface area (Å²) in [7, 11) is 0. The molecule has 0 unspecified atom stereocenters. The van der Waals surface area contributed by atoms with Crippen LogP contribution in [-0.4, -0.2) is 17.2 Å². The summed E-state index contributed by atoms with van der Waals surface area (Å²) in [5.41, 5.74) is 4.03. The highest BCUT2D eigenvalue weighted by Crippen LogP contribution is 1.78. The summed E-state index contributed by atoms with van der Waals surface area (Å²) in [5.74, 6) is -0.529. The molecular weight excluding hydrogens is 158 g/mol. The number of rotatable bonds is 1. The van der Waals surface area contributed by atoms with E-state index in [1.165, 1.54) is 0 Å².